The summed E-state index contributed by atoms with van der Waals surface area (Å²) in [6.45, 7) is 2.31. The molecule has 0 N–H and O–H groups in total. The summed E-state index contributed by atoms with van der Waals surface area (Å²) < 4.78 is 31.9. The maximum atomic E-state index is 13.8. The highest BCUT2D eigenvalue weighted by Crippen LogP contribution is 2.13. The van der Waals surface area contributed by atoms with Gasteiger partial charge in [-0.3, -0.25) is 9.25 Å². The molecule has 0 bridgehead atoms. The van der Waals surface area contributed by atoms with Crippen LogP contribution in [0.4, 0.5) is 8.78 Å². The molecule has 0 aliphatic heterocycles. The number of hydrogen-bond acceptors (Lipinski definition) is 3. The summed E-state index contributed by atoms with van der Waals surface area (Å²) in [5, 5.41) is 8.41. The second-order valence-electron chi connectivity index (χ2n) is 6.47. The zero-order chi connectivity index (χ0) is 19.7. The Balaban J connectivity index is 1.56. The molecule has 0 aliphatic carbocycles. The molecule has 8 heteroatoms. The fraction of sp³-hybridized carbons (Fsp3) is 0.150. The summed E-state index contributed by atoms with van der Waals surface area (Å²) in [6.07, 6.45) is 3.17. The third-order valence-corrected chi connectivity index (χ3v) is 4.42. The van der Waals surface area contributed by atoms with Crippen molar-refractivity contribution in [2.75, 3.05) is 0 Å². The molecule has 0 unspecified atom stereocenters. The molecular weight excluding hydrogens is 364 g/mol. The molecule has 0 atom stereocenters. The lowest BCUT2D eigenvalue weighted by atomic mass is 10.2. The minimum absolute atomic E-state index is 0.172. The van der Waals surface area contributed by atoms with Crippen LogP contribution >= 0.6 is 0 Å². The average Bonchev–Trinajstić information content (AvgIpc) is 3.25. The Morgan fingerprint density at radius 2 is 1.68 bits per heavy atom. The van der Waals surface area contributed by atoms with Gasteiger partial charge in [-0.25, -0.2) is 13.6 Å². The molecule has 2 aromatic heterocycles. The first-order valence-corrected chi connectivity index (χ1v) is 8.68. The molecule has 2 heterocycles. The highest BCUT2D eigenvalue weighted by molar-refractivity contribution is 5.33. The topological polar surface area (TPSA) is 57.6 Å². The van der Waals surface area contributed by atoms with Crippen LogP contribution < -0.4 is 5.69 Å². The number of benzene rings is 2. The number of rotatable bonds is 5. The second-order valence-corrected chi connectivity index (χ2v) is 6.47. The monoisotopic (exact) mass is 381 g/mol. The van der Waals surface area contributed by atoms with Gasteiger partial charge in [0.1, 0.15) is 18.0 Å². The summed E-state index contributed by atoms with van der Waals surface area (Å²) >= 11 is 0. The quantitative estimate of drug-likeness (QED) is 0.534. The number of halogens is 2. The lowest BCUT2D eigenvalue weighted by Gasteiger charge is -2.05. The molecule has 6 nitrogen and oxygen atoms in total. The van der Waals surface area contributed by atoms with Gasteiger partial charge in [-0.2, -0.15) is 14.9 Å². The van der Waals surface area contributed by atoms with Gasteiger partial charge in [0.05, 0.1) is 24.5 Å². The maximum Gasteiger partial charge on any atom is 0.350 e. The Hall–Kier alpha value is -3.55. The summed E-state index contributed by atoms with van der Waals surface area (Å²) in [6, 6.07) is 12.8. The Labute approximate surface area is 159 Å². The van der Waals surface area contributed by atoms with Gasteiger partial charge in [-0.1, -0.05) is 18.2 Å². The van der Waals surface area contributed by atoms with Crippen molar-refractivity contribution in [1.82, 2.24) is 24.1 Å². The van der Waals surface area contributed by atoms with Crippen LogP contribution in [-0.4, -0.2) is 24.1 Å². The van der Waals surface area contributed by atoms with Crippen LogP contribution in [0.3, 0.4) is 0 Å². The third kappa shape index (κ3) is 3.48. The van der Waals surface area contributed by atoms with Gasteiger partial charge >= 0.3 is 5.69 Å². The van der Waals surface area contributed by atoms with Gasteiger partial charge in [0.15, 0.2) is 0 Å². The number of hydrogen-bond donors (Lipinski definition) is 0. The van der Waals surface area contributed by atoms with Crippen molar-refractivity contribution >= 4 is 0 Å². The molecule has 0 aliphatic rings. The molecule has 2 aromatic carbocycles. The standard InChI is InChI=1S/C20H17F2N5O/c1-14-9-10-26(24-14)11-15-5-7-16(8-6-15)27-20(28)25(13-23-27)12-17-18(21)3-2-4-19(17)22/h2-10,13H,11-12H2,1H3. The van der Waals surface area contributed by atoms with Crippen LogP contribution in [0.1, 0.15) is 16.8 Å². The van der Waals surface area contributed by atoms with Crippen LogP contribution in [-0.2, 0) is 13.1 Å². The van der Waals surface area contributed by atoms with Crippen LogP contribution in [0.15, 0.2) is 65.8 Å². The molecule has 0 fully saturated rings. The second kappa shape index (κ2) is 7.22. The van der Waals surface area contributed by atoms with E-state index in [-0.39, 0.29) is 12.1 Å². The van der Waals surface area contributed by atoms with Crippen LogP contribution in [0, 0.1) is 18.6 Å². The highest BCUT2D eigenvalue weighted by atomic mass is 19.1. The molecule has 0 radical (unpaired) electrons. The van der Waals surface area contributed by atoms with Crippen molar-refractivity contribution in [2.24, 2.45) is 0 Å². The number of aryl methyl sites for hydroxylation is 1. The zero-order valence-corrected chi connectivity index (χ0v) is 15.1. The van der Waals surface area contributed by atoms with Gasteiger partial charge in [0.2, 0.25) is 0 Å². The van der Waals surface area contributed by atoms with E-state index in [1.807, 2.05) is 36.0 Å². The Bertz CT molecular complexity index is 1150. The minimum atomic E-state index is -0.696. The predicted molar refractivity (Wildman–Crippen MR) is 99.4 cm³/mol. The van der Waals surface area contributed by atoms with Gasteiger partial charge in [0.25, 0.3) is 0 Å². The largest absolute Gasteiger partial charge is 0.350 e. The Morgan fingerprint density at radius 1 is 0.964 bits per heavy atom. The van der Waals surface area contributed by atoms with Gasteiger partial charge < -0.3 is 0 Å². The first kappa shape index (κ1) is 17.8. The van der Waals surface area contributed by atoms with E-state index in [4.69, 9.17) is 0 Å². The van der Waals surface area contributed by atoms with Crippen molar-refractivity contribution in [2.45, 2.75) is 20.0 Å². The molecule has 28 heavy (non-hydrogen) atoms. The van der Waals surface area contributed by atoms with E-state index in [2.05, 4.69) is 10.2 Å². The van der Waals surface area contributed by atoms with E-state index in [1.54, 1.807) is 12.1 Å². The lowest BCUT2D eigenvalue weighted by molar-refractivity contribution is 0.541. The van der Waals surface area contributed by atoms with Gasteiger partial charge in [-0.05, 0) is 42.8 Å². The summed E-state index contributed by atoms with van der Waals surface area (Å²) in [7, 11) is 0. The third-order valence-electron chi connectivity index (χ3n) is 4.42. The minimum Gasteiger partial charge on any atom is -0.276 e. The molecule has 0 amide bonds. The normalized spacial score (nSPS) is 11.1. The predicted octanol–water partition coefficient (Wildman–Crippen LogP) is 2.91. The van der Waals surface area contributed by atoms with E-state index in [9.17, 15) is 13.6 Å². The Kier molecular flexibility index (Phi) is 4.60. The lowest BCUT2D eigenvalue weighted by Crippen LogP contribution is -2.24. The van der Waals surface area contributed by atoms with Gasteiger partial charge in [0, 0.05) is 11.8 Å². The van der Waals surface area contributed by atoms with E-state index in [0.29, 0.717) is 12.2 Å². The van der Waals surface area contributed by atoms with Crippen molar-refractivity contribution in [3.8, 4) is 5.69 Å². The van der Waals surface area contributed by atoms with Gasteiger partial charge in [-0.15, -0.1) is 0 Å². The molecule has 0 saturated carbocycles. The van der Waals surface area contributed by atoms with Crippen LogP contribution in [0.5, 0.6) is 0 Å². The van der Waals surface area contributed by atoms with Crippen molar-refractivity contribution < 1.29 is 8.78 Å². The Morgan fingerprint density at radius 3 is 2.32 bits per heavy atom. The molecule has 0 saturated heterocycles. The number of aromatic nitrogens is 5. The molecule has 0 spiro atoms. The van der Waals surface area contributed by atoms with Crippen molar-refractivity contribution in [3.63, 3.8) is 0 Å². The first-order chi connectivity index (χ1) is 13.5. The van der Waals surface area contributed by atoms with Crippen LogP contribution in [0.25, 0.3) is 5.69 Å². The SMILES string of the molecule is Cc1ccn(Cc2ccc(-n3ncn(Cc4c(F)cccc4F)c3=O)cc2)n1. The zero-order valence-electron chi connectivity index (χ0n) is 15.1. The maximum absolute atomic E-state index is 13.8. The van der Waals surface area contributed by atoms with E-state index in [0.717, 1.165) is 23.4 Å². The number of nitrogens with zero attached hydrogens (tertiary/aromatic N) is 5. The molecule has 4 rings (SSSR count). The van der Waals surface area contributed by atoms with Crippen molar-refractivity contribution in [3.05, 3.63) is 100.0 Å². The van der Waals surface area contributed by atoms with E-state index >= 15 is 0 Å². The fourth-order valence-corrected chi connectivity index (χ4v) is 2.95. The summed E-state index contributed by atoms with van der Waals surface area (Å²) in [5.74, 6) is -1.39. The van der Waals surface area contributed by atoms with Crippen molar-refractivity contribution in [1.29, 1.82) is 0 Å². The van der Waals surface area contributed by atoms with E-state index in [1.165, 1.54) is 21.6 Å². The summed E-state index contributed by atoms with van der Waals surface area (Å²) in [5.41, 5.74) is 1.89. The molecule has 142 valence electrons. The highest BCUT2D eigenvalue weighted by Gasteiger charge is 2.13. The van der Waals surface area contributed by atoms with Crippen LogP contribution in [0.2, 0.25) is 0 Å². The first-order valence-electron chi connectivity index (χ1n) is 8.68. The smallest absolute Gasteiger partial charge is 0.276 e. The fourth-order valence-electron chi connectivity index (χ4n) is 2.95. The molecule has 4 aromatic rings. The van der Waals surface area contributed by atoms with E-state index < -0.39 is 17.3 Å². The summed E-state index contributed by atoms with van der Waals surface area (Å²) in [4.78, 5) is 12.6. The average molecular weight is 381 g/mol. The molecular formula is C20H17F2N5O.